The first-order chi connectivity index (χ1) is 12.3. The Morgan fingerprint density at radius 3 is 2.28 bits per heavy atom. The molecule has 126 valence electrons. The third kappa shape index (κ3) is 4.25. The maximum Gasteiger partial charge on any atom is 0.373 e. The number of rotatable bonds is 6. The van der Waals surface area contributed by atoms with Gasteiger partial charge in [0.2, 0.25) is 0 Å². The highest BCUT2D eigenvalue weighted by Gasteiger charge is 2.14. The maximum atomic E-state index is 12.0. The molecule has 0 aromatic heterocycles. The van der Waals surface area contributed by atoms with Crippen LogP contribution in [0.1, 0.15) is 15.9 Å². The van der Waals surface area contributed by atoms with Crippen LogP contribution in [0.5, 0.6) is 0 Å². The molecule has 4 heteroatoms. The number of anilines is 1. The number of nitrogens with one attached hydrogen (secondary N) is 1. The van der Waals surface area contributed by atoms with E-state index in [9.17, 15) is 4.79 Å². The molecule has 0 aliphatic rings. The molecule has 3 rings (SSSR count). The van der Waals surface area contributed by atoms with E-state index in [1.165, 1.54) is 7.11 Å². The normalized spacial score (nSPS) is 10.3. The molecule has 0 fully saturated rings. The molecule has 0 aliphatic heterocycles. The highest BCUT2D eigenvalue weighted by Crippen LogP contribution is 2.25. The Kier molecular flexibility index (Phi) is 5.44. The van der Waals surface area contributed by atoms with Crippen LogP contribution in [0, 0.1) is 0 Å². The van der Waals surface area contributed by atoms with Gasteiger partial charge in [-0.05, 0) is 34.9 Å². The maximum absolute atomic E-state index is 12.0. The smallest absolute Gasteiger partial charge is 0.373 e. The molecule has 0 spiro atoms. The van der Waals surface area contributed by atoms with Gasteiger partial charge in [0.15, 0.2) is 0 Å². The second-order valence-corrected chi connectivity index (χ2v) is 5.50. The van der Waals surface area contributed by atoms with Crippen LogP contribution in [0.3, 0.4) is 0 Å². The van der Waals surface area contributed by atoms with Crippen molar-refractivity contribution in [3.05, 3.63) is 90.0 Å². The van der Waals surface area contributed by atoms with Gasteiger partial charge in [0.1, 0.15) is 0 Å². The van der Waals surface area contributed by atoms with Crippen molar-refractivity contribution in [2.75, 3.05) is 12.4 Å². The molecule has 4 nitrogen and oxygen atoms in total. The zero-order valence-electron chi connectivity index (χ0n) is 13.9. The lowest BCUT2D eigenvalue weighted by atomic mass is 9.99. The molecule has 0 radical (unpaired) electrons. The van der Waals surface area contributed by atoms with Crippen LogP contribution < -0.4 is 5.32 Å². The van der Waals surface area contributed by atoms with Crippen molar-refractivity contribution in [1.29, 1.82) is 0 Å². The SMILES string of the molecule is COOC(=O)c1ccccc1-c1ccc(CNc2ccccc2)cc1. The lowest BCUT2D eigenvalue weighted by Gasteiger charge is -2.10. The van der Waals surface area contributed by atoms with Crippen molar-refractivity contribution in [3.8, 4) is 11.1 Å². The highest BCUT2D eigenvalue weighted by molar-refractivity contribution is 5.97. The van der Waals surface area contributed by atoms with Gasteiger partial charge < -0.3 is 5.32 Å². The summed E-state index contributed by atoms with van der Waals surface area (Å²) in [5.41, 5.74) is 4.47. The molecule has 0 heterocycles. The van der Waals surface area contributed by atoms with Crippen LogP contribution in [-0.2, 0) is 16.3 Å². The molecule has 3 aromatic rings. The molecule has 0 bridgehead atoms. The fraction of sp³-hybridized carbons (Fsp3) is 0.0952. The first-order valence-electron chi connectivity index (χ1n) is 8.00. The van der Waals surface area contributed by atoms with E-state index < -0.39 is 5.97 Å². The van der Waals surface area contributed by atoms with E-state index >= 15 is 0 Å². The van der Waals surface area contributed by atoms with Gasteiger partial charge in [0.25, 0.3) is 0 Å². The number of hydrogen-bond acceptors (Lipinski definition) is 4. The minimum absolute atomic E-state index is 0.472. The second-order valence-electron chi connectivity index (χ2n) is 5.50. The van der Waals surface area contributed by atoms with Crippen LogP contribution in [0.15, 0.2) is 78.9 Å². The van der Waals surface area contributed by atoms with Gasteiger partial charge in [0, 0.05) is 12.2 Å². The number of para-hydroxylation sites is 1. The number of benzene rings is 3. The van der Waals surface area contributed by atoms with Gasteiger partial charge >= 0.3 is 5.97 Å². The predicted octanol–water partition coefficient (Wildman–Crippen LogP) is 4.68. The molecular formula is C21H19NO3. The molecule has 0 saturated heterocycles. The Morgan fingerprint density at radius 2 is 1.56 bits per heavy atom. The Labute approximate surface area is 147 Å². The van der Waals surface area contributed by atoms with E-state index in [1.54, 1.807) is 12.1 Å². The third-order valence-electron chi connectivity index (χ3n) is 3.84. The quantitative estimate of drug-likeness (QED) is 0.525. The number of carbonyl (C=O) groups excluding carboxylic acids is 1. The average molecular weight is 333 g/mol. The molecule has 1 N–H and O–H groups in total. The van der Waals surface area contributed by atoms with Crippen molar-refractivity contribution in [3.63, 3.8) is 0 Å². The number of hydrogen-bond donors (Lipinski definition) is 1. The van der Waals surface area contributed by atoms with Gasteiger partial charge in [-0.15, -0.1) is 0 Å². The lowest BCUT2D eigenvalue weighted by Crippen LogP contribution is -2.05. The van der Waals surface area contributed by atoms with E-state index in [0.29, 0.717) is 5.56 Å². The third-order valence-corrected chi connectivity index (χ3v) is 3.84. The van der Waals surface area contributed by atoms with Crippen molar-refractivity contribution in [2.45, 2.75) is 6.54 Å². The molecule has 3 aromatic carbocycles. The second kappa shape index (κ2) is 8.13. The summed E-state index contributed by atoms with van der Waals surface area (Å²) in [5.74, 6) is -0.507. The Hall–Kier alpha value is -3.11. The summed E-state index contributed by atoms with van der Waals surface area (Å²) in [6.07, 6.45) is 0. The van der Waals surface area contributed by atoms with E-state index in [1.807, 2.05) is 66.7 Å². The highest BCUT2D eigenvalue weighted by atomic mass is 17.2. The summed E-state index contributed by atoms with van der Waals surface area (Å²) < 4.78 is 0. The van der Waals surface area contributed by atoms with E-state index in [2.05, 4.69) is 15.1 Å². The van der Waals surface area contributed by atoms with Crippen molar-refractivity contribution >= 4 is 11.7 Å². The predicted molar refractivity (Wildman–Crippen MR) is 98.1 cm³/mol. The van der Waals surface area contributed by atoms with Gasteiger partial charge in [0.05, 0.1) is 12.7 Å². The Balaban J connectivity index is 1.75. The zero-order valence-corrected chi connectivity index (χ0v) is 13.9. The zero-order chi connectivity index (χ0) is 17.5. The average Bonchev–Trinajstić information content (AvgIpc) is 2.68. The van der Waals surface area contributed by atoms with E-state index in [-0.39, 0.29) is 0 Å². The van der Waals surface area contributed by atoms with Gasteiger partial charge in [-0.25, -0.2) is 4.79 Å². The van der Waals surface area contributed by atoms with E-state index in [0.717, 1.165) is 28.9 Å². The van der Waals surface area contributed by atoms with Crippen LogP contribution >= 0.6 is 0 Å². The van der Waals surface area contributed by atoms with Crippen LogP contribution in [0.2, 0.25) is 0 Å². The largest absolute Gasteiger partial charge is 0.381 e. The Morgan fingerprint density at radius 1 is 0.880 bits per heavy atom. The van der Waals surface area contributed by atoms with Crippen LogP contribution in [-0.4, -0.2) is 13.1 Å². The monoisotopic (exact) mass is 333 g/mol. The summed E-state index contributed by atoms with van der Waals surface area (Å²) in [4.78, 5) is 21.1. The van der Waals surface area contributed by atoms with Gasteiger partial charge in [-0.2, -0.15) is 4.89 Å². The fourth-order valence-corrected chi connectivity index (χ4v) is 2.60. The summed E-state index contributed by atoms with van der Waals surface area (Å²) in [7, 11) is 1.31. The number of carbonyl (C=O) groups is 1. The van der Waals surface area contributed by atoms with Gasteiger partial charge in [-0.1, -0.05) is 60.7 Å². The van der Waals surface area contributed by atoms with E-state index in [4.69, 9.17) is 0 Å². The lowest BCUT2D eigenvalue weighted by molar-refractivity contribution is -0.216. The van der Waals surface area contributed by atoms with Crippen molar-refractivity contribution < 1.29 is 14.6 Å². The summed E-state index contributed by atoms with van der Waals surface area (Å²) in [6.45, 7) is 0.734. The topological polar surface area (TPSA) is 47.6 Å². The summed E-state index contributed by atoms with van der Waals surface area (Å²) in [5, 5.41) is 3.38. The minimum Gasteiger partial charge on any atom is -0.381 e. The van der Waals surface area contributed by atoms with Crippen molar-refractivity contribution in [2.24, 2.45) is 0 Å². The van der Waals surface area contributed by atoms with Crippen LogP contribution in [0.25, 0.3) is 11.1 Å². The first-order valence-corrected chi connectivity index (χ1v) is 8.00. The molecule has 0 saturated carbocycles. The first kappa shape index (κ1) is 16.7. The summed E-state index contributed by atoms with van der Waals surface area (Å²) in [6, 6.07) is 25.5. The van der Waals surface area contributed by atoms with Crippen molar-refractivity contribution in [1.82, 2.24) is 0 Å². The van der Waals surface area contributed by atoms with Gasteiger partial charge in [-0.3, -0.25) is 4.89 Å². The molecule has 0 aliphatic carbocycles. The molecular weight excluding hydrogens is 314 g/mol. The minimum atomic E-state index is -0.507. The molecule has 0 amide bonds. The summed E-state index contributed by atoms with van der Waals surface area (Å²) >= 11 is 0. The fourth-order valence-electron chi connectivity index (χ4n) is 2.60. The molecule has 0 unspecified atom stereocenters. The Bertz CT molecular complexity index is 829. The molecule has 25 heavy (non-hydrogen) atoms. The molecule has 0 atom stereocenters. The van der Waals surface area contributed by atoms with Crippen LogP contribution in [0.4, 0.5) is 5.69 Å². The standard InChI is InChI=1S/C21H19NO3/c1-24-25-21(23)20-10-6-5-9-19(20)17-13-11-16(12-14-17)15-22-18-7-3-2-4-8-18/h2-14,22H,15H2,1H3.